The second-order valence-corrected chi connectivity index (χ2v) is 7.39. The normalized spacial score (nSPS) is 11.7. The number of nitrogens with zero attached hydrogens (tertiary/aromatic N) is 1. The van der Waals surface area contributed by atoms with Gasteiger partial charge in [0, 0.05) is 18.8 Å². The first-order valence-electron chi connectivity index (χ1n) is 7.46. The van der Waals surface area contributed by atoms with Crippen molar-refractivity contribution in [2.75, 3.05) is 18.4 Å². The van der Waals surface area contributed by atoms with E-state index in [0.29, 0.717) is 30.1 Å². The number of anilines is 1. The molecule has 24 heavy (non-hydrogen) atoms. The van der Waals surface area contributed by atoms with Crippen LogP contribution in [0.2, 0.25) is 5.02 Å². The molecule has 0 saturated carbocycles. The van der Waals surface area contributed by atoms with Crippen LogP contribution in [0, 0.1) is 6.92 Å². The van der Waals surface area contributed by atoms with Gasteiger partial charge in [-0.05, 0) is 31.2 Å². The standard InChI is InChI=1S/C16H19ClN2O4S/c1-4-19(5-2)24(21,22)15-10-12(6-7-14(15)17)18-16(20)13-8-9-23-11(13)3/h6-10H,4-5H2,1-3H3,(H,18,20). The van der Waals surface area contributed by atoms with Crippen molar-refractivity contribution in [1.29, 1.82) is 0 Å². The number of halogens is 1. The number of nitrogens with one attached hydrogen (secondary N) is 1. The highest BCUT2D eigenvalue weighted by Crippen LogP contribution is 2.28. The molecule has 0 aliphatic heterocycles. The molecule has 6 nitrogen and oxygen atoms in total. The van der Waals surface area contributed by atoms with E-state index in [4.69, 9.17) is 16.0 Å². The van der Waals surface area contributed by atoms with E-state index in [0.717, 1.165) is 0 Å². The number of rotatable bonds is 6. The highest BCUT2D eigenvalue weighted by atomic mass is 35.5. The zero-order valence-electron chi connectivity index (χ0n) is 13.7. The molecule has 1 aromatic carbocycles. The van der Waals surface area contributed by atoms with Crippen molar-refractivity contribution in [3.63, 3.8) is 0 Å². The van der Waals surface area contributed by atoms with Crippen molar-refractivity contribution in [2.24, 2.45) is 0 Å². The van der Waals surface area contributed by atoms with E-state index in [1.54, 1.807) is 32.9 Å². The Morgan fingerprint density at radius 3 is 2.46 bits per heavy atom. The van der Waals surface area contributed by atoms with Crippen LogP contribution in [0.15, 0.2) is 39.8 Å². The van der Waals surface area contributed by atoms with E-state index in [2.05, 4.69) is 5.32 Å². The molecule has 0 saturated heterocycles. The number of furan rings is 1. The maximum absolute atomic E-state index is 12.6. The molecule has 0 aliphatic carbocycles. The lowest BCUT2D eigenvalue weighted by atomic mass is 10.2. The monoisotopic (exact) mass is 370 g/mol. The lowest BCUT2D eigenvalue weighted by Gasteiger charge is -2.19. The van der Waals surface area contributed by atoms with Crippen LogP contribution in [0.25, 0.3) is 0 Å². The van der Waals surface area contributed by atoms with E-state index in [9.17, 15) is 13.2 Å². The third-order valence-corrected chi connectivity index (χ3v) is 6.15. The molecular weight excluding hydrogens is 352 g/mol. The fourth-order valence-corrected chi connectivity index (χ4v) is 4.26. The number of carbonyl (C=O) groups excluding carboxylic acids is 1. The summed E-state index contributed by atoms with van der Waals surface area (Å²) in [5, 5.41) is 2.77. The first-order valence-corrected chi connectivity index (χ1v) is 9.28. The molecule has 0 bridgehead atoms. The second-order valence-electron chi connectivity index (χ2n) is 5.08. The molecule has 1 heterocycles. The third-order valence-electron chi connectivity index (χ3n) is 3.62. The van der Waals surface area contributed by atoms with Gasteiger partial charge in [0.1, 0.15) is 10.7 Å². The van der Waals surface area contributed by atoms with Gasteiger partial charge < -0.3 is 9.73 Å². The molecule has 2 rings (SSSR count). The molecule has 1 aromatic heterocycles. The molecule has 0 spiro atoms. The zero-order valence-corrected chi connectivity index (χ0v) is 15.2. The molecule has 0 fully saturated rings. The fourth-order valence-electron chi connectivity index (χ4n) is 2.30. The number of benzene rings is 1. The Morgan fingerprint density at radius 1 is 1.25 bits per heavy atom. The molecule has 1 N–H and O–H groups in total. The van der Waals surface area contributed by atoms with Crippen LogP contribution >= 0.6 is 11.6 Å². The first-order chi connectivity index (χ1) is 11.3. The third kappa shape index (κ3) is 3.63. The highest BCUT2D eigenvalue weighted by Gasteiger charge is 2.25. The average Bonchev–Trinajstić information content (AvgIpc) is 2.96. The van der Waals surface area contributed by atoms with Gasteiger partial charge in [-0.3, -0.25) is 4.79 Å². The quantitative estimate of drug-likeness (QED) is 0.843. The first kappa shape index (κ1) is 18.5. The van der Waals surface area contributed by atoms with E-state index >= 15 is 0 Å². The lowest BCUT2D eigenvalue weighted by Crippen LogP contribution is -2.30. The topological polar surface area (TPSA) is 79.6 Å². The van der Waals surface area contributed by atoms with Gasteiger partial charge in [0.2, 0.25) is 10.0 Å². The Morgan fingerprint density at radius 2 is 1.92 bits per heavy atom. The number of sulfonamides is 1. The molecule has 0 radical (unpaired) electrons. The zero-order chi connectivity index (χ0) is 17.9. The predicted molar refractivity (Wildman–Crippen MR) is 93.0 cm³/mol. The van der Waals surface area contributed by atoms with Crippen LogP contribution in [0.5, 0.6) is 0 Å². The van der Waals surface area contributed by atoms with E-state index in [1.165, 1.54) is 22.7 Å². The Labute approximate surface area is 146 Å². The van der Waals surface area contributed by atoms with Crippen LogP contribution in [-0.2, 0) is 10.0 Å². The SMILES string of the molecule is CCN(CC)S(=O)(=O)c1cc(NC(=O)c2ccoc2C)ccc1Cl. The molecular formula is C16H19ClN2O4S. The van der Waals surface area contributed by atoms with Gasteiger partial charge in [-0.15, -0.1) is 0 Å². The van der Waals surface area contributed by atoms with Gasteiger partial charge >= 0.3 is 0 Å². The molecule has 8 heteroatoms. The number of carbonyl (C=O) groups is 1. The van der Waals surface area contributed by atoms with Crippen molar-refractivity contribution in [3.8, 4) is 0 Å². The predicted octanol–water partition coefficient (Wildman–Crippen LogP) is 3.52. The Hall–Kier alpha value is -1.83. The van der Waals surface area contributed by atoms with Gasteiger partial charge in [0.15, 0.2) is 0 Å². The van der Waals surface area contributed by atoms with E-state index in [-0.39, 0.29) is 15.8 Å². The van der Waals surface area contributed by atoms with Crippen LogP contribution in [-0.4, -0.2) is 31.7 Å². The summed E-state index contributed by atoms with van der Waals surface area (Å²) >= 11 is 6.07. The van der Waals surface area contributed by atoms with Crippen molar-refractivity contribution < 1.29 is 17.6 Å². The fraction of sp³-hybridized carbons (Fsp3) is 0.312. The largest absolute Gasteiger partial charge is 0.469 e. The molecule has 2 aromatic rings. The van der Waals surface area contributed by atoms with Crippen molar-refractivity contribution >= 4 is 33.2 Å². The number of hydrogen-bond acceptors (Lipinski definition) is 4. The smallest absolute Gasteiger partial charge is 0.259 e. The molecule has 0 unspecified atom stereocenters. The van der Waals surface area contributed by atoms with Gasteiger partial charge in [-0.1, -0.05) is 25.4 Å². The van der Waals surface area contributed by atoms with Crippen LogP contribution in [0.3, 0.4) is 0 Å². The lowest BCUT2D eigenvalue weighted by molar-refractivity contribution is 0.102. The molecule has 1 amide bonds. The van der Waals surface area contributed by atoms with Crippen LogP contribution in [0.4, 0.5) is 5.69 Å². The van der Waals surface area contributed by atoms with Crippen molar-refractivity contribution in [3.05, 3.63) is 46.9 Å². The Balaban J connectivity index is 2.36. The van der Waals surface area contributed by atoms with E-state index < -0.39 is 10.0 Å². The molecule has 0 atom stereocenters. The summed E-state index contributed by atoms with van der Waals surface area (Å²) in [6, 6.07) is 5.92. The summed E-state index contributed by atoms with van der Waals surface area (Å²) in [5.74, 6) is 0.104. The van der Waals surface area contributed by atoms with Gasteiger partial charge in [0.25, 0.3) is 5.91 Å². The summed E-state index contributed by atoms with van der Waals surface area (Å²) in [7, 11) is -3.72. The van der Waals surface area contributed by atoms with Crippen molar-refractivity contribution in [1.82, 2.24) is 4.31 Å². The summed E-state index contributed by atoms with van der Waals surface area (Å²) in [4.78, 5) is 12.2. The van der Waals surface area contributed by atoms with Crippen LogP contribution < -0.4 is 5.32 Å². The van der Waals surface area contributed by atoms with Crippen LogP contribution in [0.1, 0.15) is 30.0 Å². The maximum Gasteiger partial charge on any atom is 0.259 e. The minimum atomic E-state index is -3.72. The van der Waals surface area contributed by atoms with Gasteiger partial charge in [0.05, 0.1) is 16.8 Å². The van der Waals surface area contributed by atoms with Gasteiger partial charge in [-0.2, -0.15) is 4.31 Å². The Bertz CT molecular complexity index is 842. The number of aryl methyl sites for hydroxylation is 1. The van der Waals surface area contributed by atoms with E-state index in [1.807, 2.05) is 0 Å². The van der Waals surface area contributed by atoms with Crippen molar-refractivity contribution in [2.45, 2.75) is 25.7 Å². The second kappa shape index (κ2) is 7.38. The highest BCUT2D eigenvalue weighted by molar-refractivity contribution is 7.89. The summed E-state index contributed by atoms with van der Waals surface area (Å²) in [6.45, 7) is 5.84. The minimum Gasteiger partial charge on any atom is -0.469 e. The van der Waals surface area contributed by atoms with Gasteiger partial charge in [-0.25, -0.2) is 8.42 Å². The molecule has 0 aliphatic rings. The number of amides is 1. The summed E-state index contributed by atoms with van der Waals surface area (Å²) in [6.07, 6.45) is 1.42. The average molecular weight is 371 g/mol. The Kier molecular flexibility index (Phi) is 5.69. The summed E-state index contributed by atoms with van der Waals surface area (Å²) < 4.78 is 31.7. The number of hydrogen-bond donors (Lipinski definition) is 1. The molecule has 130 valence electrons. The maximum atomic E-state index is 12.6. The summed E-state index contributed by atoms with van der Waals surface area (Å²) in [5.41, 5.74) is 0.730. The minimum absolute atomic E-state index is 0.0328.